The minimum absolute atomic E-state index is 0.455. The maximum absolute atomic E-state index is 10.4. The molecule has 1 aromatic heterocycles. The summed E-state index contributed by atoms with van der Waals surface area (Å²) in [6, 6.07) is 6.24. The summed E-state index contributed by atoms with van der Waals surface area (Å²) in [5, 5.41) is 18.5. The standard InChI is InChI=1S/C15H20N4O/c1-11-5-12(2)7-13(6-11)14(20)8-18-3-4-19-10-16-17-15(19)9-18/h5-7,10,14,20H,3-4,8-9H2,1-2H3. The first-order valence-electron chi connectivity index (χ1n) is 6.97. The summed E-state index contributed by atoms with van der Waals surface area (Å²) < 4.78 is 2.07. The number of rotatable bonds is 3. The summed E-state index contributed by atoms with van der Waals surface area (Å²) in [6.07, 6.45) is 1.32. The molecule has 1 aliphatic rings. The summed E-state index contributed by atoms with van der Waals surface area (Å²) in [4.78, 5) is 2.23. The van der Waals surface area contributed by atoms with Gasteiger partial charge in [-0.3, -0.25) is 4.90 Å². The fourth-order valence-corrected chi connectivity index (χ4v) is 2.82. The van der Waals surface area contributed by atoms with Gasteiger partial charge in [-0.2, -0.15) is 0 Å². The van der Waals surface area contributed by atoms with E-state index in [1.54, 1.807) is 6.33 Å². The molecule has 106 valence electrons. The SMILES string of the molecule is Cc1cc(C)cc(C(O)CN2CCn3cnnc3C2)c1. The molecule has 5 nitrogen and oxygen atoms in total. The molecule has 1 aliphatic heterocycles. The van der Waals surface area contributed by atoms with Gasteiger partial charge < -0.3 is 9.67 Å². The van der Waals surface area contributed by atoms with E-state index in [0.717, 1.165) is 31.0 Å². The van der Waals surface area contributed by atoms with Crippen LogP contribution in [0.5, 0.6) is 0 Å². The van der Waals surface area contributed by atoms with E-state index in [2.05, 4.69) is 51.7 Å². The molecule has 1 N–H and O–H groups in total. The molecule has 20 heavy (non-hydrogen) atoms. The van der Waals surface area contributed by atoms with Gasteiger partial charge in [-0.25, -0.2) is 0 Å². The van der Waals surface area contributed by atoms with Crippen LogP contribution < -0.4 is 0 Å². The molecule has 1 unspecified atom stereocenters. The molecule has 0 saturated heterocycles. The molecule has 0 spiro atoms. The predicted octanol–water partition coefficient (Wildman–Crippen LogP) is 1.44. The van der Waals surface area contributed by atoms with Crippen molar-refractivity contribution in [1.82, 2.24) is 19.7 Å². The molecular weight excluding hydrogens is 252 g/mol. The second kappa shape index (κ2) is 5.34. The zero-order valence-corrected chi connectivity index (χ0v) is 12.0. The van der Waals surface area contributed by atoms with Gasteiger partial charge in [0.2, 0.25) is 0 Å². The van der Waals surface area contributed by atoms with Crippen molar-refractivity contribution in [2.45, 2.75) is 33.0 Å². The zero-order chi connectivity index (χ0) is 14.1. The molecule has 0 amide bonds. The van der Waals surface area contributed by atoms with Crippen LogP contribution in [0.15, 0.2) is 24.5 Å². The highest BCUT2D eigenvalue weighted by Gasteiger charge is 2.20. The Morgan fingerprint density at radius 2 is 1.95 bits per heavy atom. The Balaban J connectivity index is 1.69. The van der Waals surface area contributed by atoms with Crippen LogP contribution in [0.1, 0.15) is 28.6 Å². The maximum Gasteiger partial charge on any atom is 0.147 e. The van der Waals surface area contributed by atoms with E-state index in [4.69, 9.17) is 0 Å². The Morgan fingerprint density at radius 3 is 2.70 bits per heavy atom. The molecule has 1 aromatic carbocycles. The number of fused-ring (bicyclic) bond motifs is 1. The molecule has 0 bridgehead atoms. The van der Waals surface area contributed by atoms with Gasteiger partial charge in [-0.1, -0.05) is 29.3 Å². The lowest BCUT2D eigenvalue weighted by Gasteiger charge is -2.29. The van der Waals surface area contributed by atoms with Gasteiger partial charge in [0.25, 0.3) is 0 Å². The van der Waals surface area contributed by atoms with Gasteiger partial charge in [0.15, 0.2) is 0 Å². The summed E-state index contributed by atoms with van der Waals surface area (Å²) in [5.74, 6) is 0.976. The van der Waals surface area contributed by atoms with Crippen molar-refractivity contribution < 1.29 is 5.11 Å². The highest BCUT2D eigenvalue weighted by molar-refractivity contribution is 5.30. The van der Waals surface area contributed by atoms with Crippen molar-refractivity contribution in [3.8, 4) is 0 Å². The van der Waals surface area contributed by atoms with Crippen molar-refractivity contribution >= 4 is 0 Å². The first-order chi connectivity index (χ1) is 9.61. The molecule has 0 radical (unpaired) electrons. The lowest BCUT2D eigenvalue weighted by Crippen LogP contribution is -2.36. The topological polar surface area (TPSA) is 54.2 Å². The van der Waals surface area contributed by atoms with Gasteiger partial charge in [-0.15, -0.1) is 10.2 Å². The van der Waals surface area contributed by atoms with E-state index in [-0.39, 0.29) is 0 Å². The Morgan fingerprint density at radius 1 is 1.20 bits per heavy atom. The van der Waals surface area contributed by atoms with Crippen LogP contribution in [0.2, 0.25) is 0 Å². The minimum atomic E-state index is -0.455. The molecule has 5 heteroatoms. The van der Waals surface area contributed by atoms with Crippen LogP contribution in [0.25, 0.3) is 0 Å². The molecule has 0 fully saturated rings. The van der Waals surface area contributed by atoms with Gasteiger partial charge in [0.05, 0.1) is 12.6 Å². The van der Waals surface area contributed by atoms with Crippen LogP contribution in [0.3, 0.4) is 0 Å². The maximum atomic E-state index is 10.4. The second-order valence-corrected chi connectivity index (χ2v) is 5.61. The molecule has 3 rings (SSSR count). The molecule has 2 heterocycles. The molecule has 1 atom stereocenters. The van der Waals surface area contributed by atoms with Gasteiger partial charge in [0, 0.05) is 19.6 Å². The van der Waals surface area contributed by atoms with Crippen LogP contribution in [-0.4, -0.2) is 37.9 Å². The highest BCUT2D eigenvalue weighted by atomic mass is 16.3. The monoisotopic (exact) mass is 272 g/mol. The summed E-state index contributed by atoms with van der Waals surface area (Å²) in [6.45, 7) is 7.32. The second-order valence-electron chi connectivity index (χ2n) is 5.61. The van der Waals surface area contributed by atoms with Gasteiger partial charge >= 0.3 is 0 Å². The zero-order valence-electron chi connectivity index (χ0n) is 12.0. The largest absolute Gasteiger partial charge is 0.387 e. The van der Waals surface area contributed by atoms with Crippen LogP contribution in [0.4, 0.5) is 0 Å². The third-order valence-electron chi connectivity index (χ3n) is 3.78. The Hall–Kier alpha value is -1.72. The highest BCUT2D eigenvalue weighted by Crippen LogP contribution is 2.20. The lowest BCUT2D eigenvalue weighted by atomic mass is 10.0. The average Bonchev–Trinajstić information content (AvgIpc) is 2.85. The first-order valence-corrected chi connectivity index (χ1v) is 6.97. The minimum Gasteiger partial charge on any atom is -0.387 e. The third-order valence-corrected chi connectivity index (χ3v) is 3.78. The van der Waals surface area contributed by atoms with Crippen molar-refractivity contribution in [2.75, 3.05) is 13.1 Å². The number of aromatic nitrogens is 3. The summed E-state index contributed by atoms with van der Waals surface area (Å²) in [5.41, 5.74) is 3.38. The number of benzene rings is 1. The number of β-amino-alcohol motifs (C(OH)–C–C–N with tert-alkyl or cyclic N) is 1. The lowest BCUT2D eigenvalue weighted by molar-refractivity contribution is 0.0961. The number of aryl methyl sites for hydroxylation is 2. The van der Waals surface area contributed by atoms with E-state index >= 15 is 0 Å². The normalized spacial score (nSPS) is 16.9. The van der Waals surface area contributed by atoms with Crippen molar-refractivity contribution in [3.05, 3.63) is 47.0 Å². The van der Waals surface area contributed by atoms with E-state index in [9.17, 15) is 5.11 Å². The van der Waals surface area contributed by atoms with Gasteiger partial charge in [-0.05, 0) is 19.4 Å². The Labute approximate surface area is 118 Å². The van der Waals surface area contributed by atoms with E-state index in [1.807, 2.05) is 0 Å². The smallest absolute Gasteiger partial charge is 0.147 e. The number of aliphatic hydroxyl groups is 1. The van der Waals surface area contributed by atoms with Crippen LogP contribution in [-0.2, 0) is 13.1 Å². The summed E-state index contributed by atoms with van der Waals surface area (Å²) >= 11 is 0. The van der Waals surface area contributed by atoms with Gasteiger partial charge in [0.1, 0.15) is 12.2 Å². The van der Waals surface area contributed by atoms with E-state index < -0.39 is 6.10 Å². The number of hydrogen-bond acceptors (Lipinski definition) is 4. The quantitative estimate of drug-likeness (QED) is 0.918. The third kappa shape index (κ3) is 2.73. The van der Waals surface area contributed by atoms with Crippen LogP contribution >= 0.6 is 0 Å². The van der Waals surface area contributed by atoms with Crippen molar-refractivity contribution in [1.29, 1.82) is 0 Å². The Kier molecular flexibility index (Phi) is 3.54. The van der Waals surface area contributed by atoms with Crippen molar-refractivity contribution in [2.24, 2.45) is 0 Å². The van der Waals surface area contributed by atoms with E-state index in [1.165, 1.54) is 11.1 Å². The fraction of sp³-hybridized carbons (Fsp3) is 0.467. The fourth-order valence-electron chi connectivity index (χ4n) is 2.82. The van der Waals surface area contributed by atoms with Crippen LogP contribution in [0, 0.1) is 13.8 Å². The molecule has 2 aromatic rings. The molecule has 0 saturated carbocycles. The summed E-state index contributed by atoms with van der Waals surface area (Å²) in [7, 11) is 0. The molecular formula is C15H20N4O. The first kappa shape index (κ1) is 13.3. The molecule has 0 aliphatic carbocycles. The number of aliphatic hydroxyl groups excluding tert-OH is 1. The number of nitrogens with zero attached hydrogens (tertiary/aromatic N) is 4. The Bertz CT molecular complexity index is 587. The van der Waals surface area contributed by atoms with Crippen molar-refractivity contribution in [3.63, 3.8) is 0 Å². The average molecular weight is 272 g/mol. The number of hydrogen-bond donors (Lipinski definition) is 1. The van der Waals surface area contributed by atoms with E-state index in [0.29, 0.717) is 6.54 Å². The predicted molar refractivity (Wildman–Crippen MR) is 76.2 cm³/mol.